The lowest BCUT2D eigenvalue weighted by atomic mass is 9.99. The molecular weight excluding hydrogens is 439 g/mol. The van der Waals surface area contributed by atoms with Gasteiger partial charge in [0.25, 0.3) is 5.91 Å². The lowest BCUT2D eigenvalue weighted by Crippen LogP contribution is -2.56. The fourth-order valence-corrected chi connectivity index (χ4v) is 3.21. The highest BCUT2D eigenvalue weighted by Gasteiger charge is 2.32. The zero-order chi connectivity index (χ0) is 25.1. The largest absolute Gasteiger partial charge is 0.349 e. The maximum absolute atomic E-state index is 13.4. The number of nitrogens with zero attached hydrogens (tertiary/aromatic N) is 1. The molecule has 4 N–H and O–H groups in total. The van der Waals surface area contributed by atoms with E-state index >= 15 is 0 Å². The summed E-state index contributed by atoms with van der Waals surface area (Å²) in [6.07, 6.45) is 1.28. The molecule has 2 aromatic rings. The number of carbonyl (C=O) groups is 4. The Morgan fingerprint density at radius 1 is 0.971 bits per heavy atom. The van der Waals surface area contributed by atoms with E-state index in [2.05, 4.69) is 10.9 Å². The molecule has 2 rings (SSSR count). The second-order valence-corrected chi connectivity index (χ2v) is 8.06. The number of hydrazine groups is 1. The van der Waals surface area contributed by atoms with Crippen molar-refractivity contribution < 1.29 is 23.6 Å². The fourth-order valence-electron chi connectivity index (χ4n) is 3.21. The van der Waals surface area contributed by atoms with E-state index in [0.29, 0.717) is 29.7 Å². The van der Waals surface area contributed by atoms with Crippen LogP contribution in [0.5, 0.6) is 0 Å². The molecule has 0 saturated carbocycles. The Morgan fingerprint density at radius 2 is 1.65 bits per heavy atom. The second-order valence-electron chi connectivity index (χ2n) is 8.06. The van der Waals surface area contributed by atoms with Crippen LogP contribution in [-0.2, 0) is 27.2 Å². The standard InChI is InChI=1S/C25H31FN4O4/c1-3-21(27)23(32)28-29-25(34)30(22(31)15-14-19-10-7-11-20(26)16-19)24(33)17(2)12-13-18-8-5-4-6-9-18/h4-11,16-17,21H,3,12-15,27H2,1-2H3,(H,28,32)(H,29,34). The highest BCUT2D eigenvalue weighted by atomic mass is 19.1. The summed E-state index contributed by atoms with van der Waals surface area (Å²) in [5.41, 5.74) is 11.4. The van der Waals surface area contributed by atoms with Crippen LogP contribution >= 0.6 is 0 Å². The van der Waals surface area contributed by atoms with Crippen LogP contribution in [0.1, 0.15) is 44.2 Å². The number of imide groups is 3. The number of benzene rings is 2. The van der Waals surface area contributed by atoms with Crippen LogP contribution in [0.15, 0.2) is 54.6 Å². The number of amides is 5. The van der Waals surface area contributed by atoms with E-state index in [1.165, 1.54) is 18.2 Å². The summed E-state index contributed by atoms with van der Waals surface area (Å²) < 4.78 is 13.4. The summed E-state index contributed by atoms with van der Waals surface area (Å²) in [6.45, 7) is 3.34. The van der Waals surface area contributed by atoms with Crippen molar-refractivity contribution in [2.75, 3.05) is 0 Å². The fraction of sp³-hybridized carbons (Fsp3) is 0.360. The minimum absolute atomic E-state index is 0.138. The first-order valence-corrected chi connectivity index (χ1v) is 11.2. The molecular formula is C25H31FN4O4. The summed E-state index contributed by atoms with van der Waals surface area (Å²) in [7, 11) is 0. The number of rotatable bonds is 9. The second kappa shape index (κ2) is 13.2. The van der Waals surface area contributed by atoms with E-state index in [4.69, 9.17) is 5.73 Å². The SMILES string of the molecule is CCC(N)C(=O)NNC(=O)N(C(=O)CCc1cccc(F)c1)C(=O)C(C)CCc1ccccc1. The van der Waals surface area contributed by atoms with E-state index in [1.54, 1.807) is 19.9 Å². The van der Waals surface area contributed by atoms with Crippen LogP contribution < -0.4 is 16.6 Å². The Balaban J connectivity index is 2.10. The summed E-state index contributed by atoms with van der Waals surface area (Å²) >= 11 is 0. The Labute approximate surface area is 198 Å². The van der Waals surface area contributed by atoms with Crippen LogP contribution in [0.4, 0.5) is 9.18 Å². The van der Waals surface area contributed by atoms with Crippen molar-refractivity contribution in [3.05, 3.63) is 71.5 Å². The summed E-state index contributed by atoms with van der Waals surface area (Å²) in [4.78, 5) is 51.2. The van der Waals surface area contributed by atoms with Crippen LogP contribution in [0, 0.1) is 11.7 Å². The van der Waals surface area contributed by atoms with E-state index in [-0.39, 0.29) is 12.8 Å². The maximum Gasteiger partial charge on any atom is 0.349 e. The number of hydrogen-bond acceptors (Lipinski definition) is 5. The Bertz CT molecular complexity index is 999. The highest BCUT2D eigenvalue weighted by Crippen LogP contribution is 2.15. The van der Waals surface area contributed by atoms with Gasteiger partial charge in [-0.25, -0.2) is 14.6 Å². The molecule has 34 heavy (non-hydrogen) atoms. The number of nitrogens with one attached hydrogen (secondary N) is 2. The number of halogens is 1. The third kappa shape index (κ3) is 8.08. The molecule has 0 aliphatic carbocycles. The van der Waals surface area contributed by atoms with Crippen LogP contribution in [-0.4, -0.2) is 34.7 Å². The Morgan fingerprint density at radius 3 is 2.29 bits per heavy atom. The molecule has 0 spiro atoms. The molecule has 2 atom stereocenters. The lowest BCUT2D eigenvalue weighted by molar-refractivity contribution is -0.143. The zero-order valence-electron chi connectivity index (χ0n) is 19.4. The van der Waals surface area contributed by atoms with Gasteiger partial charge in [-0.05, 0) is 48.9 Å². The average molecular weight is 471 g/mol. The topological polar surface area (TPSA) is 122 Å². The normalized spacial score (nSPS) is 12.4. The van der Waals surface area contributed by atoms with Crippen LogP contribution in [0.25, 0.3) is 0 Å². The minimum atomic E-state index is -1.07. The first-order valence-electron chi connectivity index (χ1n) is 11.2. The van der Waals surface area contributed by atoms with Crippen molar-refractivity contribution in [2.24, 2.45) is 11.7 Å². The molecule has 0 aromatic heterocycles. The van der Waals surface area contributed by atoms with Gasteiger partial charge in [-0.3, -0.25) is 19.8 Å². The predicted molar refractivity (Wildman–Crippen MR) is 125 cm³/mol. The quantitative estimate of drug-likeness (QED) is 0.487. The third-order valence-electron chi connectivity index (χ3n) is 5.39. The average Bonchev–Trinajstić information content (AvgIpc) is 2.84. The summed E-state index contributed by atoms with van der Waals surface area (Å²) in [5.74, 6) is -3.18. The number of carbonyl (C=O) groups excluding carboxylic acids is 4. The van der Waals surface area contributed by atoms with Crippen molar-refractivity contribution in [1.82, 2.24) is 15.8 Å². The van der Waals surface area contributed by atoms with Crippen LogP contribution in [0.3, 0.4) is 0 Å². The summed E-state index contributed by atoms with van der Waals surface area (Å²) in [5, 5.41) is 0. The van der Waals surface area contributed by atoms with Gasteiger partial charge in [0.2, 0.25) is 11.8 Å². The predicted octanol–water partition coefficient (Wildman–Crippen LogP) is 2.86. The first-order chi connectivity index (χ1) is 16.2. The molecule has 2 aromatic carbocycles. The van der Waals surface area contributed by atoms with Gasteiger partial charge in [0.1, 0.15) is 5.82 Å². The monoisotopic (exact) mass is 470 g/mol. The van der Waals surface area contributed by atoms with Gasteiger partial charge in [0.05, 0.1) is 6.04 Å². The molecule has 0 heterocycles. The van der Waals surface area contributed by atoms with Gasteiger partial charge < -0.3 is 5.73 Å². The summed E-state index contributed by atoms with van der Waals surface area (Å²) in [6, 6.07) is 13.3. The molecule has 5 amide bonds. The number of hydrogen-bond donors (Lipinski definition) is 3. The van der Waals surface area contributed by atoms with Gasteiger partial charge in [0, 0.05) is 12.3 Å². The molecule has 2 unspecified atom stereocenters. The minimum Gasteiger partial charge on any atom is -0.320 e. The Kier molecular flexibility index (Phi) is 10.3. The van der Waals surface area contributed by atoms with Crippen LogP contribution in [0.2, 0.25) is 0 Å². The third-order valence-corrected chi connectivity index (χ3v) is 5.39. The Hall–Kier alpha value is -3.59. The molecule has 9 heteroatoms. The molecule has 0 aliphatic heterocycles. The van der Waals surface area contributed by atoms with Crippen molar-refractivity contribution in [3.63, 3.8) is 0 Å². The number of nitrogens with two attached hydrogens (primary N) is 1. The first kappa shape index (κ1) is 26.7. The van der Waals surface area contributed by atoms with Gasteiger partial charge in [-0.15, -0.1) is 0 Å². The molecule has 0 radical (unpaired) electrons. The zero-order valence-corrected chi connectivity index (χ0v) is 19.4. The number of urea groups is 1. The smallest absolute Gasteiger partial charge is 0.320 e. The van der Waals surface area contributed by atoms with Gasteiger partial charge in [-0.1, -0.05) is 56.3 Å². The van der Waals surface area contributed by atoms with Crippen molar-refractivity contribution in [2.45, 2.75) is 52.0 Å². The lowest BCUT2D eigenvalue weighted by Gasteiger charge is -2.23. The van der Waals surface area contributed by atoms with Crippen molar-refractivity contribution in [3.8, 4) is 0 Å². The molecule has 8 nitrogen and oxygen atoms in total. The van der Waals surface area contributed by atoms with E-state index < -0.39 is 41.5 Å². The van der Waals surface area contributed by atoms with Crippen molar-refractivity contribution >= 4 is 23.8 Å². The van der Waals surface area contributed by atoms with Gasteiger partial charge >= 0.3 is 6.03 Å². The van der Waals surface area contributed by atoms with E-state index in [9.17, 15) is 23.6 Å². The highest BCUT2D eigenvalue weighted by molar-refractivity contribution is 6.11. The van der Waals surface area contributed by atoms with E-state index in [1.807, 2.05) is 30.3 Å². The molecule has 182 valence electrons. The van der Waals surface area contributed by atoms with Gasteiger partial charge in [0.15, 0.2) is 0 Å². The molecule has 0 bridgehead atoms. The van der Waals surface area contributed by atoms with Crippen molar-refractivity contribution in [1.29, 1.82) is 0 Å². The van der Waals surface area contributed by atoms with Gasteiger partial charge in [-0.2, -0.15) is 4.90 Å². The molecule has 0 aliphatic rings. The maximum atomic E-state index is 13.4. The van der Waals surface area contributed by atoms with E-state index in [0.717, 1.165) is 5.56 Å². The molecule has 0 fully saturated rings. The number of aryl methyl sites for hydroxylation is 2. The molecule has 0 saturated heterocycles.